The fourth-order valence-corrected chi connectivity index (χ4v) is 1.64. The molecule has 0 aliphatic heterocycles. The number of nitrogens with zero attached hydrogens (tertiary/aromatic N) is 1. The van der Waals surface area contributed by atoms with E-state index in [1.165, 1.54) is 0 Å². The lowest BCUT2D eigenvalue weighted by molar-refractivity contribution is -0.184. The molecule has 0 N–H and O–H groups in total. The first-order valence-electron chi connectivity index (χ1n) is 4.37. The van der Waals surface area contributed by atoms with Crippen LogP contribution in [0.4, 0.5) is 13.2 Å². The first-order chi connectivity index (χ1) is 7.30. The zero-order valence-electron chi connectivity index (χ0n) is 8.38. The van der Waals surface area contributed by atoms with Crippen molar-refractivity contribution in [1.29, 1.82) is 0 Å². The molecule has 0 saturated heterocycles. The van der Waals surface area contributed by atoms with Crippen LogP contribution in [-0.2, 0) is 11.3 Å². The zero-order valence-corrected chi connectivity index (χ0v) is 9.97. The van der Waals surface area contributed by atoms with E-state index in [0.717, 1.165) is 11.5 Å². The van der Waals surface area contributed by atoms with Gasteiger partial charge in [0.1, 0.15) is 0 Å². The van der Waals surface area contributed by atoms with Crippen LogP contribution in [0.15, 0.2) is 28.7 Å². The van der Waals surface area contributed by atoms with E-state index >= 15 is 0 Å². The fraction of sp³-hybridized carbons (Fsp3) is 0.300. The van der Waals surface area contributed by atoms with Crippen LogP contribution in [0.2, 0.25) is 0 Å². The summed E-state index contributed by atoms with van der Waals surface area (Å²) in [7, 11) is 1.12. The molecule has 2 nitrogen and oxygen atoms in total. The highest BCUT2D eigenvalue weighted by atomic mass is 79.9. The van der Waals surface area contributed by atoms with Gasteiger partial charge in [-0.1, -0.05) is 28.1 Å². The molecule has 0 saturated carbocycles. The summed E-state index contributed by atoms with van der Waals surface area (Å²) >= 11 is 3.20. The Labute approximate surface area is 99.2 Å². The first kappa shape index (κ1) is 13.0. The Kier molecular flexibility index (Phi) is 3.96. The van der Waals surface area contributed by atoms with Crippen molar-refractivity contribution in [2.75, 3.05) is 7.05 Å². The van der Waals surface area contributed by atoms with Crippen molar-refractivity contribution in [3.8, 4) is 0 Å². The predicted molar refractivity (Wildman–Crippen MR) is 56.7 cm³/mol. The van der Waals surface area contributed by atoms with Gasteiger partial charge in [-0.25, -0.2) is 0 Å². The number of amides is 1. The lowest BCUT2D eigenvalue weighted by atomic mass is 10.2. The van der Waals surface area contributed by atoms with E-state index in [-0.39, 0.29) is 6.54 Å². The van der Waals surface area contributed by atoms with Gasteiger partial charge in [0.05, 0.1) is 0 Å². The number of halogens is 4. The predicted octanol–water partition coefficient (Wildman–Crippen LogP) is 2.97. The summed E-state index contributed by atoms with van der Waals surface area (Å²) in [6, 6.07) is 6.78. The van der Waals surface area contributed by atoms with Crippen LogP contribution in [0.3, 0.4) is 0 Å². The number of hydrogen-bond acceptors (Lipinski definition) is 1. The number of benzene rings is 1. The maximum Gasteiger partial charge on any atom is 0.471 e. The molecule has 1 aromatic rings. The van der Waals surface area contributed by atoms with Crippen LogP contribution in [0.25, 0.3) is 0 Å². The Morgan fingerprint density at radius 3 is 2.56 bits per heavy atom. The van der Waals surface area contributed by atoms with E-state index in [1.54, 1.807) is 24.3 Å². The minimum absolute atomic E-state index is 0.0716. The third kappa shape index (κ3) is 3.52. The summed E-state index contributed by atoms with van der Waals surface area (Å²) in [5.41, 5.74) is 0.634. The van der Waals surface area contributed by atoms with Crippen LogP contribution in [0.5, 0.6) is 0 Å². The van der Waals surface area contributed by atoms with Gasteiger partial charge in [0.15, 0.2) is 0 Å². The first-order valence-corrected chi connectivity index (χ1v) is 5.17. The highest BCUT2D eigenvalue weighted by Gasteiger charge is 2.41. The van der Waals surface area contributed by atoms with Gasteiger partial charge in [-0.3, -0.25) is 4.79 Å². The Bertz CT molecular complexity index is 392. The monoisotopic (exact) mass is 295 g/mol. The van der Waals surface area contributed by atoms with Gasteiger partial charge in [0.25, 0.3) is 0 Å². The van der Waals surface area contributed by atoms with Gasteiger partial charge in [-0.05, 0) is 17.7 Å². The molecule has 16 heavy (non-hydrogen) atoms. The Morgan fingerprint density at radius 2 is 2.06 bits per heavy atom. The molecular weight excluding hydrogens is 287 g/mol. The van der Waals surface area contributed by atoms with E-state index < -0.39 is 12.1 Å². The van der Waals surface area contributed by atoms with Crippen molar-refractivity contribution in [2.24, 2.45) is 0 Å². The van der Waals surface area contributed by atoms with E-state index in [2.05, 4.69) is 15.9 Å². The molecule has 0 aliphatic rings. The van der Waals surface area contributed by atoms with E-state index in [4.69, 9.17) is 0 Å². The highest BCUT2D eigenvalue weighted by molar-refractivity contribution is 9.10. The molecule has 0 bridgehead atoms. The second-order valence-electron chi connectivity index (χ2n) is 3.29. The summed E-state index contributed by atoms with van der Waals surface area (Å²) in [6.07, 6.45) is -4.82. The summed E-state index contributed by atoms with van der Waals surface area (Å²) in [4.78, 5) is 11.5. The molecule has 88 valence electrons. The summed E-state index contributed by atoms with van der Waals surface area (Å²) in [6.45, 7) is -0.0716. The maximum atomic E-state index is 12.1. The molecule has 0 aromatic heterocycles. The van der Waals surface area contributed by atoms with Gasteiger partial charge >= 0.3 is 12.1 Å². The molecule has 0 unspecified atom stereocenters. The summed E-state index contributed by atoms with van der Waals surface area (Å²) in [5, 5.41) is 0. The van der Waals surface area contributed by atoms with Gasteiger partial charge in [0.2, 0.25) is 0 Å². The second kappa shape index (κ2) is 4.86. The molecule has 1 amide bonds. The quantitative estimate of drug-likeness (QED) is 0.821. The average Bonchev–Trinajstić information content (AvgIpc) is 2.15. The lowest BCUT2D eigenvalue weighted by Gasteiger charge is -2.18. The molecule has 1 aromatic carbocycles. The van der Waals surface area contributed by atoms with Crippen molar-refractivity contribution in [1.82, 2.24) is 4.90 Å². The van der Waals surface area contributed by atoms with Crippen LogP contribution < -0.4 is 0 Å². The molecule has 1 rings (SSSR count). The minimum Gasteiger partial charge on any atom is -0.334 e. The minimum atomic E-state index is -4.82. The topological polar surface area (TPSA) is 20.3 Å². The van der Waals surface area contributed by atoms with Crippen molar-refractivity contribution >= 4 is 21.8 Å². The summed E-state index contributed by atoms with van der Waals surface area (Å²) < 4.78 is 37.0. The standard InChI is InChI=1S/C10H9BrF3NO/c1-15(9(16)10(12,13)14)6-7-3-2-4-8(11)5-7/h2-5H,6H2,1H3. The van der Waals surface area contributed by atoms with E-state index in [9.17, 15) is 18.0 Å². The molecule has 0 fully saturated rings. The molecule has 0 heterocycles. The smallest absolute Gasteiger partial charge is 0.334 e. The second-order valence-corrected chi connectivity index (χ2v) is 4.20. The van der Waals surface area contributed by atoms with Crippen molar-refractivity contribution in [3.05, 3.63) is 34.3 Å². The van der Waals surface area contributed by atoms with Gasteiger partial charge in [-0.2, -0.15) is 13.2 Å². The van der Waals surface area contributed by atoms with E-state index in [0.29, 0.717) is 10.5 Å². The number of carbonyl (C=O) groups excluding carboxylic acids is 1. The van der Waals surface area contributed by atoms with Gasteiger partial charge in [0, 0.05) is 18.1 Å². The third-order valence-electron chi connectivity index (χ3n) is 1.90. The maximum absolute atomic E-state index is 12.1. The number of hydrogen-bond donors (Lipinski definition) is 0. The normalized spacial score (nSPS) is 11.3. The van der Waals surface area contributed by atoms with Gasteiger partial charge < -0.3 is 4.90 Å². The Balaban J connectivity index is 2.72. The van der Waals surface area contributed by atoms with Crippen molar-refractivity contribution in [2.45, 2.75) is 12.7 Å². The van der Waals surface area contributed by atoms with Crippen molar-refractivity contribution < 1.29 is 18.0 Å². The molecule has 0 atom stereocenters. The zero-order chi connectivity index (χ0) is 12.3. The van der Waals surface area contributed by atoms with Crippen LogP contribution >= 0.6 is 15.9 Å². The third-order valence-corrected chi connectivity index (χ3v) is 2.39. The molecular formula is C10H9BrF3NO. The van der Waals surface area contributed by atoms with Crippen LogP contribution in [0, 0.1) is 0 Å². The van der Waals surface area contributed by atoms with Crippen molar-refractivity contribution in [3.63, 3.8) is 0 Å². The largest absolute Gasteiger partial charge is 0.471 e. The van der Waals surface area contributed by atoms with E-state index in [1.807, 2.05) is 0 Å². The Hall–Kier alpha value is -1.04. The molecule has 0 spiro atoms. The average molecular weight is 296 g/mol. The fourth-order valence-electron chi connectivity index (χ4n) is 1.20. The van der Waals surface area contributed by atoms with Crippen LogP contribution in [-0.4, -0.2) is 24.0 Å². The Morgan fingerprint density at radius 1 is 1.44 bits per heavy atom. The lowest BCUT2D eigenvalue weighted by Crippen LogP contribution is -2.37. The highest BCUT2D eigenvalue weighted by Crippen LogP contribution is 2.19. The van der Waals surface area contributed by atoms with Gasteiger partial charge in [-0.15, -0.1) is 0 Å². The number of alkyl halides is 3. The number of carbonyl (C=O) groups is 1. The molecule has 0 radical (unpaired) electrons. The SMILES string of the molecule is CN(Cc1cccc(Br)c1)C(=O)C(F)(F)F. The van der Waals surface area contributed by atoms with Crippen LogP contribution in [0.1, 0.15) is 5.56 Å². The summed E-state index contributed by atoms with van der Waals surface area (Å²) in [5.74, 6) is -1.84. The molecule has 0 aliphatic carbocycles. The number of rotatable bonds is 2. The molecule has 6 heteroatoms.